The third-order valence-corrected chi connectivity index (χ3v) is 6.40. The molecule has 4 saturated carbocycles. The van der Waals surface area contributed by atoms with E-state index in [9.17, 15) is 4.79 Å². The summed E-state index contributed by atoms with van der Waals surface area (Å²) in [5, 5.41) is 0. The number of hydrogen-bond donors (Lipinski definition) is 0. The summed E-state index contributed by atoms with van der Waals surface area (Å²) in [5.41, 5.74) is 1.32. The number of carbonyl (C=O) groups is 1. The second-order valence-electron chi connectivity index (χ2n) is 8.01. The van der Waals surface area contributed by atoms with Crippen LogP contribution in [0.25, 0.3) is 0 Å². The third kappa shape index (κ3) is 2.33. The van der Waals surface area contributed by atoms with Crippen molar-refractivity contribution in [3.8, 4) is 0 Å². The van der Waals surface area contributed by atoms with E-state index in [1.807, 2.05) is 12.4 Å². The van der Waals surface area contributed by atoms with E-state index in [0.717, 1.165) is 24.2 Å². The Morgan fingerprint density at radius 1 is 1.14 bits per heavy atom. The van der Waals surface area contributed by atoms with Crippen LogP contribution in [0.3, 0.4) is 0 Å². The Kier molecular flexibility index (Phi) is 3.16. The Morgan fingerprint density at radius 3 is 2.19 bits per heavy atom. The van der Waals surface area contributed by atoms with Crippen LogP contribution in [0.2, 0.25) is 0 Å². The molecule has 0 amide bonds. The zero-order chi connectivity index (χ0) is 14.4. The first-order chi connectivity index (χ1) is 10.1. The highest BCUT2D eigenvalue weighted by molar-refractivity contribution is 5.86. The summed E-state index contributed by atoms with van der Waals surface area (Å²) in [6.07, 6.45) is 12.2. The number of aromatic nitrogens is 1. The Hall–Kier alpha value is -1.18. The molecule has 4 aliphatic carbocycles. The van der Waals surface area contributed by atoms with Crippen molar-refractivity contribution in [2.45, 2.75) is 57.8 Å². The van der Waals surface area contributed by atoms with Crippen LogP contribution in [0.5, 0.6) is 0 Å². The van der Waals surface area contributed by atoms with Crippen LogP contribution in [0.1, 0.15) is 63.4 Å². The van der Waals surface area contributed by atoms with Crippen molar-refractivity contribution in [1.82, 2.24) is 4.98 Å². The summed E-state index contributed by atoms with van der Waals surface area (Å²) in [6.45, 7) is 2.19. The molecule has 4 bridgehead atoms. The van der Waals surface area contributed by atoms with Crippen LogP contribution in [0.4, 0.5) is 0 Å². The first-order valence-corrected chi connectivity index (χ1v) is 8.58. The van der Waals surface area contributed by atoms with Gasteiger partial charge in [-0.25, -0.2) is 0 Å². The van der Waals surface area contributed by atoms with Crippen LogP contribution >= 0.6 is 0 Å². The van der Waals surface area contributed by atoms with Gasteiger partial charge in [0.25, 0.3) is 0 Å². The number of Topliss-reactive ketones (excluding diaryl/α,β-unsaturated/α-hetero) is 1. The lowest BCUT2D eigenvalue weighted by Gasteiger charge is -2.56. The van der Waals surface area contributed by atoms with Gasteiger partial charge in [0, 0.05) is 24.2 Å². The van der Waals surface area contributed by atoms with Gasteiger partial charge in [-0.15, -0.1) is 0 Å². The largest absolute Gasteiger partial charge is 0.299 e. The van der Waals surface area contributed by atoms with Gasteiger partial charge in [0.15, 0.2) is 0 Å². The Balaban J connectivity index is 1.50. The fourth-order valence-corrected chi connectivity index (χ4v) is 5.76. The maximum Gasteiger partial charge on any atom is 0.139 e. The molecule has 0 aliphatic heterocycles. The highest BCUT2D eigenvalue weighted by atomic mass is 16.1. The number of rotatable bonds is 4. The van der Waals surface area contributed by atoms with Crippen molar-refractivity contribution in [3.63, 3.8) is 0 Å². The third-order valence-electron chi connectivity index (χ3n) is 6.40. The number of carbonyl (C=O) groups excluding carboxylic acids is 1. The molecule has 0 N–H and O–H groups in total. The van der Waals surface area contributed by atoms with Crippen LogP contribution < -0.4 is 0 Å². The van der Waals surface area contributed by atoms with Gasteiger partial charge >= 0.3 is 0 Å². The minimum Gasteiger partial charge on any atom is -0.299 e. The molecule has 1 aromatic rings. The Morgan fingerprint density at radius 2 is 1.67 bits per heavy atom. The summed E-state index contributed by atoms with van der Waals surface area (Å²) >= 11 is 0. The molecular weight excluding hydrogens is 258 g/mol. The van der Waals surface area contributed by atoms with Crippen molar-refractivity contribution in [2.24, 2.45) is 23.2 Å². The molecule has 1 heterocycles. The molecular formula is C19H25NO. The lowest BCUT2D eigenvalue weighted by atomic mass is 9.48. The summed E-state index contributed by atoms with van der Waals surface area (Å²) < 4.78 is 0. The molecule has 0 saturated heterocycles. The van der Waals surface area contributed by atoms with Gasteiger partial charge in [0.2, 0.25) is 0 Å². The van der Waals surface area contributed by atoms with Crippen molar-refractivity contribution in [3.05, 3.63) is 30.1 Å². The van der Waals surface area contributed by atoms with Gasteiger partial charge in [0.05, 0.1) is 0 Å². The van der Waals surface area contributed by atoms with E-state index in [1.165, 1.54) is 44.1 Å². The smallest absolute Gasteiger partial charge is 0.139 e. The molecule has 0 aromatic carbocycles. The van der Waals surface area contributed by atoms with Gasteiger partial charge in [-0.05, 0) is 79.9 Å². The zero-order valence-electron chi connectivity index (χ0n) is 12.9. The van der Waals surface area contributed by atoms with E-state index in [1.54, 1.807) is 0 Å². The molecule has 1 aromatic heterocycles. The normalized spacial score (nSPS) is 38.4. The second kappa shape index (κ2) is 4.93. The van der Waals surface area contributed by atoms with Gasteiger partial charge in [-0.1, -0.05) is 6.92 Å². The highest BCUT2D eigenvalue weighted by Gasteiger charge is 2.54. The lowest BCUT2D eigenvalue weighted by Crippen LogP contribution is -2.50. The van der Waals surface area contributed by atoms with Crippen molar-refractivity contribution >= 4 is 5.78 Å². The molecule has 4 fully saturated rings. The summed E-state index contributed by atoms with van der Waals surface area (Å²) in [7, 11) is 0. The summed E-state index contributed by atoms with van der Waals surface area (Å²) in [6, 6.07) is 4.11. The molecule has 2 nitrogen and oxygen atoms in total. The van der Waals surface area contributed by atoms with Gasteiger partial charge in [0.1, 0.15) is 5.78 Å². The fraction of sp³-hybridized carbons (Fsp3) is 0.684. The van der Waals surface area contributed by atoms with Crippen molar-refractivity contribution in [1.29, 1.82) is 0 Å². The Labute approximate surface area is 127 Å². The van der Waals surface area contributed by atoms with Crippen LogP contribution in [0.15, 0.2) is 24.5 Å². The number of pyridine rings is 1. The van der Waals surface area contributed by atoms with E-state index in [0.29, 0.717) is 11.7 Å². The quantitative estimate of drug-likeness (QED) is 0.821. The van der Waals surface area contributed by atoms with E-state index in [4.69, 9.17) is 0 Å². The van der Waals surface area contributed by atoms with E-state index in [-0.39, 0.29) is 5.41 Å². The first kappa shape index (κ1) is 13.5. The molecule has 0 radical (unpaired) electrons. The minimum absolute atomic E-state index is 0.0655. The van der Waals surface area contributed by atoms with Crippen LogP contribution in [-0.2, 0) is 4.79 Å². The monoisotopic (exact) mass is 283 g/mol. The van der Waals surface area contributed by atoms with Crippen LogP contribution in [0, 0.1) is 23.2 Å². The zero-order valence-corrected chi connectivity index (χ0v) is 12.9. The molecule has 4 aliphatic rings. The number of ketones is 1. The van der Waals surface area contributed by atoms with Gasteiger partial charge in [-0.3, -0.25) is 9.78 Å². The van der Waals surface area contributed by atoms with Crippen LogP contribution in [-0.4, -0.2) is 10.8 Å². The SMILES string of the molecule is C[C@@H](CC(=O)C12CC3CC(CC(C3)C1)C2)c1ccncc1. The molecule has 0 spiro atoms. The topological polar surface area (TPSA) is 30.0 Å². The van der Waals surface area contributed by atoms with Gasteiger partial charge in [-0.2, -0.15) is 0 Å². The highest BCUT2D eigenvalue weighted by Crippen LogP contribution is 2.60. The Bertz CT molecular complexity index is 500. The molecule has 5 rings (SSSR count). The fourth-order valence-electron chi connectivity index (χ4n) is 5.76. The molecule has 21 heavy (non-hydrogen) atoms. The average Bonchev–Trinajstić information content (AvgIpc) is 2.46. The van der Waals surface area contributed by atoms with E-state index in [2.05, 4.69) is 24.0 Å². The number of hydrogen-bond acceptors (Lipinski definition) is 2. The summed E-state index contributed by atoms with van der Waals surface area (Å²) in [5.74, 6) is 3.46. The predicted octanol–water partition coefficient (Wildman–Crippen LogP) is 4.36. The van der Waals surface area contributed by atoms with E-state index >= 15 is 0 Å². The molecule has 0 unspecified atom stereocenters. The molecule has 2 heteroatoms. The molecule has 1 atom stereocenters. The molecule has 112 valence electrons. The first-order valence-electron chi connectivity index (χ1n) is 8.58. The number of nitrogens with zero attached hydrogens (tertiary/aromatic N) is 1. The maximum atomic E-state index is 13.1. The van der Waals surface area contributed by atoms with Crippen molar-refractivity contribution in [2.75, 3.05) is 0 Å². The average molecular weight is 283 g/mol. The standard InChI is InChI=1S/C19H25NO/c1-13(17-2-4-20-5-3-17)6-18(21)19-10-14-7-15(11-19)9-16(8-14)12-19/h2-5,13-16H,6-12H2,1H3/t13-,14?,15?,16?,19?/m0/s1. The van der Waals surface area contributed by atoms with Gasteiger partial charge < -0.3 is 0 Å². The maximum absolute atomic E-state index is 13.1. The second-order valence-corrected chi connectivity index (χ2v) is 8.01. The lowest BCUT2D eigenvalue weighted by molar-refractivity contribution is -0.144. The minimum atomic E-state index is 0.0655. The van der Waals surface area contributed by atoms with E-state index < -0.39 is 0 Å². The summed E-state index contributed by atoms with van der Waals surface area (Å²) in [4.78, 5) is 17.1. The van der Waals surface area contributed by atoms with Crippen molar-refractivity contribution < 1.29 is 4.79 Å². The predicted molar refractivity (Wildman–Crippen MR) is 82.9 cm³/mol.